The summed E-state index contributed by atoms with van der Waals surface area (Å²) in [6, 6.07) is 7.58. The highest BCUT2D eigenvalue weighted by atomic mass is 35.5. The van der Waals surface area contributed by atoms with Gasteiger partial charge in [-0.2, -0.15) is 9.78 Å². The van der Waals surface area contributed by atoms with Crippen LogP contribution in [-0.2, 0) is 0 Å². The summed E-state index contributed by atoms with van der Waals surface area (Å²) in [5, 5.41) is 14.2. The van der Waals surface area contributed by atoms with E-state index in [1.807, 2.05) is 30.5 Å². The SMILES string of the molecule is CSc1nnc(C(C)C)n1/N=C\c1ccccc1Cl. The van der Waals surface area contributed by atoms with Crippen LogP contribution in [-0.4, -0.2) is 27.3 Å². The van der Waals surface area contributed by atoms with Gasteiger partial charge < -0.3 is 0 Å². The van der Waals surface area contributed by atoms with Gasteiger partial charge in [0.05, 0.1) is 6.21 Å². The second-order valence-corrected chi connectivity index (χ2v) is 5.46. The first-order valence-electron chi connectivity index (χ1n) is 5.91. The van der Waals surface area contributed by atoms with Gasteiger partial charge in [0.25, 0.3) is 0 Å². The van der Waals surface area contributed by atoms with E-state index in [0.717, 1.165) is 16.5 Å². The molecular weight excluding hydrogens is 280 g/mol. The van der Waals surface area contributed by atoms with Crippen LogP contribution >= 0.6 is 23.4 Å². The highest BCUT2D eigenvalue weighted by Crippen LogP contribution is 2.19. The second kappa shape index (κ2) is 6.21. The van der Waals surface area contributed by atoms with Gasteiger partial charge in [-0.05, 0) is 12.3 Å². The normalized spacial score (nSPS) is 11.6. The Balaban J connectivity index is 2.37. The Morgan fingerprint density at radius 3 is 2.68 bits per heavy atom. The van der Waals surface area contributed by atoms with E-state index in [1.54, 1.807) is 10.9 Å². The van der Waals surface area contributed by atoms with Gasteiger partial charge in [0.2, 0.25) is 5.16 Å². The Labute approximate surface area is 121 Å². The maximum atomic E-state index is 6.10. The molecule has 4 nitrogen and oxygen atoms in total. The molecule has 0 amide bonds. The van der Waals surface area contributed by atoms with Gasteiger partial charge in [-0.25, -0.2) is 0 Å². The summed E-state index contributed by atoms with van der Waals surface area (Å²) in [5.74, 6) is 1.10. The predicted octanol–water partition coefficient (Wildman–Crippen LogP) is 3.66. The van der Waals surface area contributed by atoms with Crippen molar-refractivity contribution in [1.29, 1.82) is 0 Å². The Morgan fingerprint density at radius 1 is 1.32 bits per heavy atom. The van der Waals surface area contributed by atoms with Gasteiger partial charge in [-0.3, -0.25) is 0 Å². The molecule has 1 aromatic carbocycles. The van der Waals surface area contributed by atoms with Gasteiger partial charge >= 0.3 is 0 Å². The molecule has 0 fully saturated rings. The summed E-state index contributed by atoms with van der Waals surface area (Å²) in [4.78, 5) is 0. The van der Waals surface area contributed by atoms with E-state index >= 15 is 0 Å². The van der Waals surface area contributed by atoms with Crippen molar-refractivity contribution in [3.05, 3.63) is 40.7 Å². The molecule has 2 rings (SSSR count). The van der Waals surface area contributed by atoms with Crippen LogP contribution in [0.25, 0.3) is 0 Å². The van der Waals surface area contributed by atoms with Crippen LogP contribution in [0, 0.1) is 0 Å². The molecule has 0 spiro atoms. The van der Waals surface area contributed by atoms with Gasteiger partial charge in [0.15, 0.2) is 5.82 Å². The van der Waals surface area contributed by atoms with Crippen molar-refractivity contribution in [2.24, 2.45) is 5.10 Å². The molecule has 0 N–H and O–H groups in total. The zero-order chi connectivity index (χ0) is 13.8. The first-order valence-corrected chi connectivity index (χ1v) is 7.52. The molecule has 100 valence electrons. The van der Waals surface area contributed by atoms with E-state index in [-0.39, 0.29) is 5.92 Å². The van der Waals surface area contributed by atoms with Crippen molar-refractivity contribution in [3.8, 4) is 0 Å². The molecule has 1 heterocycles. The molecule has 0 atom stereocenters. The van der Waals surface area contributed by atoms with Crippen LogP contribution < -0.4 is 0 Å². The number of aromatic nitrogens is 3. The molecule has 1 aromatic heterocycles. The van der Waals surface area contributed by atoms with E-state index in [9.17, 15) is 0 Å². The van der Waals surface area contributed by atoms with E-state index in [1.165, 1.54) is 11.8 Å². The highest BCUT2D eigenvalue weighted by molar-refractivity contribution is 7.98. The van der Waals surface area contributed by atoms with Crippen molar-refractivity contribution in [3.63, 3.8) is 0 Å². The Hall–Kier alpha value is -1.33. The van der Waals surface area contributed by atoms with Crippen LogP contribution in [0.5, 0.6) is 0 Å². The number of halogens is 1. The number of hydrogen-bond acceptors (Lipinski definition) is 4. The Morgan fingerprint density at radius 2 is 2.05 bits per heavy atom. The molecule has 19 heavy (non-hydrogen) atoms. The third-order valence-corrected chi connectivity index (χ3v) is 3.52. The fourth-order valence-electron chi connectivity index (χ4n) is 1.57. The smallest absolute Gasteiger partial charge is 0.191 e. The largest absolute Gasteiger partial charge is 0.211 e. The number of benzene rings is 1. The topological polar surface area (TPSA) is 43.1 Å². The Bertz CT molecular complexity index is 592. The summed E-state index contributed by atoms with van der Waals surface area (Å²) < 4.78 is 1.76. The molecule has 0 aliphatic rings. The molecule has 0 aliphatic heterocycles. The zero-order valence-electron chi connectivity index (χ0n) is 11.0. The maximum absolute atomic E-state index is 6.10. The van der Waals surface area contributed by atoms with Crippen molar-refractivity contribution in [2.75, 3.05) is 6.26 Å². The van der Waals surface area contributed by atoms with Crippen LogP contribution in [0.1, 0.15) is 31.2 Å². The summed E-state index contributed by atoms with van der Waals surface area (Å²) in [7, 11) is 0. The number of hydrogen-bond donors (Lipinski definition) is 0. The lowest BCUT2D eigenvalue weighted by Gasteiger charge is -2.05. The lowest BCUT2D eigenvalue weighted by atomic mass is 10.2. The summed E-state index contributed by atoms with van der Waals surface area (Å²) in [6.45, 7) is 4.13. The van der Waals surface area contributed by atoms with E-state index < -0.39 is 0 Å². The fourth-order valence-corrected chi connectivity index (χ4v) is 2.19. The minimum absolute atomic E-state index is 0.261. The molecule has 6 heteroatoms. The predicted molar refractivity (Wildman–Crippen MR) is 80.3 cm³/mol. The minimum Gasteiger partial charge on any atom is -0.191 e. The molecule has 0 saturated heterocycles. The lowest BCUT2D eigenvalue weighted by molar-refractivity contribution is 0.668. The van der Waals surface area contributed by atoms with Gasteiger partial charge in [0.1, 0.15) is 0 Å². The van der Waals surface area contributed by atoms with E-state index in [4.69, 9.17) is 11.6 Å². The standard InChI is InChI=1S/C13H15ClN4S/c1-9(2)12-16-17-13(19-3)18(12)15-8-10-6-4-5-7-11(10)14/h4-9H,1-3H3/b15-8-. The first-order chi connectivity index (χ1) is 9.13. The van der Waals surface area contributed by atoms with Gasteiger partial charge in [0, 0.05) is 16.5 Å². The molecule has 0 aliphatic carbocycles. The maximum Gasteiger partial charge on any atom is 0.211 e. The second-order valence-electron chi connectivity index (χ2n) is 4.28. The average Bonchev–Trinajstić information content (AvgIpc) is 2.81. The van der Waals surface area contributed by atoms with Gasteiger partial charge in [-0.15, -0.1) is 10.2 Å². The summed E-state index contributed by atoms with van der Waals surface area (Å²) in [5.41, 5.74) is 0.875. The first kappa shape index (κ1) is 14.1. The molecule has 2 aromatic rings. The number of rotatable bonds is 4. The number of nitrogens with zero attached hydrogens (tertiary/aromatic N) is 4. The van der Waals surface area contributed by atoms with Crippen LogP contribution in [0.2, 0.25) is 5.02 Å². The quantitative estimate of drug-likeness (QED) is 0.638. The van der Waals surface area contributed by atoms with Crippen molar-refractivity contribution in [2.45, 2.75) is 24.9 Å². The van der Waals surface area contributed by atoms with Crippen LogP contribution in [0.3, 0.4) is 0 Å². The van der Waals surface area contributed by atoms with Crippen LogP contribution in [0.15, 0.2) is 34.5 Å². The van der Waals surface area contributed by atoms with Crippen molar-refractivity contribution in [1.82, 2.24) is 14.9 Å². The average molecular weight is 295 g/mol. The molecule has 0 unspecified atom stereocenters. The molecular formula is C13H15ClN4S. The third-order valence-electron chi connectivity index (χ3n) is 2.55. The molecule has 0 bridgehead atoms. The lowest BCUT2D eigenvalue weighted by Crippen LogP contribution is -2.02. The zero-order valence-corrected chi connectivity index (χ0v) is 12.6. The highest BCUT2D eigenvalue weighted by Gasteiger charge is 2.13. The van der Waals surface area contributed by atoms with Crippen LogP contribution in [0.4, 0.5) is 0 Å². The number of thioether (sulfide) groups is 1. The third kappa shape index (κ3) is 3.16. The van der Waals surface area contributed by atoms with Crippen molar-refractivity contribution < 1.29 is 0 Å². The molecule has 0 radical (unpaired) electrons. The monoisotopic (exact) mass is 294 g/mol. The Kier molecular flexibility index (Phi) is 4.61. The summed E-state index contributed by atoms with van der Waals surface area (Å²) in [6.07, 6.45) is 3.69. The molecule has 0 saturated carbocycles. The van der Waals surface area contributed by atoms with E-state index in [2.05, 4.69) is 29.1 Å². The van der Waals surface area contributed by atoms with Gasteiger partial charge in [-0.1, -0.05) is 55.4 Å². The minimum atomic E-state index is 0.261. The summed E-state index contributed by atoms with van der Waals surface area (Å²) >= 11 is 7.62. The van der Waals surface area contributed by atoms with E-state index in [0.29, 0.717) is 5.02 Å². The van der Waals surface area contributed by atoms with Crippen molar-refractivity contribution >= 4 is 29.6 Å². The fraction of sp³-hybridized carbons (Fsp3) is 0.308.